The van der Waals surface area contributed by atoms with Gasteiger partial charge in [-0.05, 0) is 24.3 Å². The first-order valence-electron chi connectivity index (χ1n) is 5.96. The van der Waals surface area contributed by atoms with Gasteiger partial charge < -0.3 is 10.6 Å². The Bertz CT molecular complexity index is 671. The molecule has 1 aromatic carbocycles. The number of hydrogen-bond acceptors (Lipinski definition) is 3. The van der Waals surface area contributed by atoms with E-state index in [9.17, 15) is 13.2 Å². The van der Waals surface area contributed by atoms with E-state index in [-0.39, 0.29) is 10.8 Å². The van der Waals surface area contributed by atoms with Crippen molar-refractivity contribution >= 4 is 28.7 Å². The number of halogens is 3. The largest absolute Gasteiger partial charge is 0.416 e. The number of nitrogens with zero attached hydrogens (tertiary/aromatic N) is 2. The highest BCUT2D eigenvalue weighted by atomic mass is 32.1. The van der Waals surface area contributed by atoms with Crippen LogP contribution in [0.3, 0.4) is 0 Å². The summed E-state index contributed by atoms with van der Waals surface area (Å²) < 4.78 is 38.3. The van der Waals surface area contributed by atoms with Gasteiger partial charge in [-0.3, -0.25) is 0 Å². The minimum absolute atomic E-state index is 0.161. The van der Waals surface area contributed by atoms with E-state index < -0.39 is 11.7 Å². The highest BCUT2D eigenvalue weighted by Gasteiger charge is 2.31. The van der Waals surface area contributed by atoms with Gasteiger partial charge in [-0.1, -0.05) is 24.4 Å². The highest BCUT2D eigenvalue weighted by Crippen LogP contribution is 2.32. The second-order valence-electron chi connectivity index (χ2n) is 4.34. The van der Waals surface area contributed by atoms with Crippen LogP contribution in [-0.2, 0) is 6.18 Å². The van der Waals surface area contributed by atoms with E-state index in [2.05, 4.69) is 4.98 Å². The molecule has 0 aliphatic rings. The van der Waals surface area contributed by atoms with Crippen LogP contribution in [0.5, 0.6) is 0 Å². The number of nitrogens with two attached hydrogens (primary N) is 1. The number of thiocarbonyl (C=S) groups is 1. The first-order valence-corrected chi connectivity index (χ1v) is 6.37. The van der Waals surface area contributed by atoms with E-state index in [0.29, 0.717) is 11.3 Å². The average molecular weight is 311 g/mol. The molecule has 0 radical (unpaired) electrons. The summed E-state index contributed by atoms with van der Waals surface area (Å²) in [5.41, 5.74) is 6.05. The third-order valence-electron chi connectivity index (χ3n) is 2.95. The zero-order valence-electron chi connectivity index (χ0n) is 11.1. The number of aromatic nitrogens is 1. The normalized spacial score (nSPS) is 11.2. The highest BCUT2D eigenvalue weighted by molar-refractivity contribution is 7.80. The molecule has 0 saturated heterocycles. The Labute approximate surface area is 125 Å². The predicted molar refractivity (Wildman–Crippen MR) is 79.6 cm³/mol. The van der Waals surface area contributed by atoms with Gasteiger partial charge in [0.05, 0.1) is 11.3 Å². The Morgan fingerprint density at radius 1 is 1.24 bits per heavy atom. The molecule has 21 heavy (non-hydrogen) atoms. The van der Waals surface area contributed by atoms with E-state index >= 15 is 0 Å². The van der Waals surface area contributed by atoms with Gasteiger partial charge in [0.1, 0.15) is 10.8 Å². The molecule has 2 rings (SSSR count). The second kappa shape index (κ2) is 5.69. The third kappa shape index (κ3) is 3.30. The van der Waals surface area contributed by atoms with Crippen LogP contribution >= 0.6 is 12.2 Å². The van der Waals surface area contributed by atoms with E-state index in [0.717, 1.165) is 18.3 Å². The number of para-hydroxylation sites is 1. The maximum Gasteiger partial charge on any atom is 0.416 e. The van der Waals surface area contributed by atoms with Crippen molar-refractivity contribution in [2.24, 2.45) is 5.73 Å². The van der Waals surface area contributed by atoms with Crippen LogP contribution in [0.2, 0.25) is 0 Å². The molecule has 0 saturated carbocycles. The van der Waals surface area contributed by atoms with Crippen LogP contribution in [0.4, 0.5) is 24.7 Å². The minimum Gasteiger partial charge on any atom is -0.389 e. The van der Waals surface area contributed by atoms with Gasteiger partial charge in [0, 0.05) is 18.8 Å². The van der Waals surface area contributed by atoms with Crippen molar-refractivity contribution in [3.05, 3.63) is 53.7 Å². The monoisotopic (exact) mass is 311 g/mol. The molecule has 3 nitrogen and oxygen atoms in total. The summed E-state index contributed by atoms with van der Waals surface area (Å²) in [7, 11) is 1.61. The van der Waals surface area contributed by atoms with Crippen molar-refractivity contribution in [1.29, 1.82) is 0 Å². The fourth-order valence-corrected chi connectivity index (χ4v) is 2.05. The van der Waals surface area contributed by atoms with Crippen molar-refractivity contribution < 1.29 is 13.2 Å². The van der Waals surface area contributed by atoms with Gasteiger partial charge in [-0.2, -0.15) is 13.2 Å². The number of alkyl halides is 3. The van der Waals surface area contributed by atoms with Gasteiger partial charge >= 0.3 is 6.18 Å². The maximum atomic E-state index is 12.8. The summed E-state index contributed by atoms with van der Waals surface area (Å²) in [6.07, 6.45) is -3.29. The van der Waals surface area contributed by atoms with Crippen molar-refractivity contribution in [2.45, 2.75) is 6.18 Å². The van der Waals surface area contributed by atoms with Crippen LogP contribution in [0.25, 0.3) is 0 Å². The van der Waals surface area contributed by atoms with E-state index in [4.69, 9.17) is 18.0 Å². The fourth-order valence-electron chi connectivity index (χ4n) is 1.88. The van der Waals surface area contributed by atoms with Crippen molar-refractivity contribution in [3.63, 3.8) is 0 Å². The van der Waals surface area contributed by atoms with Crippen LogP contribution in [0, 0.1) is 0 Å². The molecule has 7 heteroatoms. The number of benzene rings is 1. The smallest absolute Gasteiger partial charge is 0.389 e. The van der Waals surface area contributed by atoms with E-state index in [1.54, 1.807) is 31.3 Å². The van der Waals surface area contributed by atoms with E-state index in [1.165, 1.54) is 4.90 Å². The standard InChI is InChI=1S/C14H12F3N3S/c1-20(11-5-3-2-4-10(11)13(18)21)12-8-9(6-7-19-12)14(15,16)17/h2-8H,1H3,(H2,18,21). The third-order valence-corrected chi connectivity index (χ3v) is 3.17. The van der Waals surface area contributed by atoms with Crippen molar-refractivity contribution in [1.82, 2.24) is 4.98 Å². The molecular formula is C14H12F3N3S. The van der Waals surface area contributed by atoms with Gasteiger partial charge in [-0.25, -0.2) is 4.98 Å². The maximum absolute atomic E-state index is 12.8. The number of hydrogen-bond donors (Lipinski definition) is 1. The molecule has 0 spiro atoms. The first-order chi connectivity index (χ1) is 9.80. The molecule has 0 aliphatic heterocycles. The summed E-state index contributed by atoms with van der Waals surface area (Å²) in [4.78, 5) is 5.66. The lowest BCUT2D eigenvalue weighted by molar-refractivity contribution is -0.137. The van der Waals surface area contributed by atoms with Gasteiger partial charge in [0.15, 0.2) is 0 Å². The van der Waals surface area contributed by atoms with Crippen LogP contribution in [0.1, 0.15) is 11.1 Å². The minimum atomic E-state index is -4.42. The lowest BCUT2D eigenvalue weighted by atomic mass is 10.1. The first kappa shape index (κ1) is 15.2. The number of pyridine rings is 1. The molecule has 0 unspecified atom stereocenters. The molecule has 0 bridgehead atoms. The SMILES string of the molecule is CN(c1cc(C(F)(F)F)ccn1)c1ccccc1C(N)=S. The average Bonchev–Trinajstić information content (AvgIpc) is 2.45. The summed E-state index contributed by atoms with van der Waals surface area (Å²) in [5, 5.41) is 0. The molecule has 0 fully saturated rings. The number of rotatable bonds is 3. The predicted octanol–water partition coefficient (Wildman–Crippen LogP) is 3.50. The van der Waals surface area contributed by atoms with Crippen LogP contribution < -0.4 is 10.6 Å². The summed E-state index contributed by atoms with van der Waals surface area (Å²) in [6, 6.07) is 8.85. The van der Waals surface area contributed by atoms with Crippen LogP contribution in [0.15, 0.2) is 42.6 Å². The number of anilines is 2. The van der Waals surface area contributed by atoms with Gasteiger partial charge in [-0.15, -0.1) is 0 Å². The van der Waals surface area contributed by atoms with Crippen LogP contribution in [-0.4, -0.2) is 17.0 Å². The quantitative estimate of drug-likeness (QED) is 0.881. The molecule has 2 aromatic rings. The molecule has 1 aromatic heterocycles. The topological polar surface area (TPSA) is 42.2 Å². The van der Waals surface area contributed by atoms with Crippen molar-refractivity contribution in [2.75, 3.05) is 11.9 Å². The zero-order valence-corrected chi connectivity index (χ0v) is 11.9. The lowest BCUT2D eigenvalue weighted by Gasteiger charge is -2.22. The summed E-state index contributed by atoms with van der Waals surface area (Å²) >= 11 is 4.95. The Balaban J connectivity index is 2.46. The van der Waals surface area contributed by atoms with E-state index in [1.807, 2.05) is 0 Å². The fraction of sp³-hybridized carbons (Fsp3) is 0.143. The van der Waals surface area contributed by atoms with Gasteiger partial charge in [0.2, 0.25) is 0 Å². The molecule has 1 heterocycles. The zero-order chi connectivity index (χ0) is 15.6. The molecule has 2 N–H and O–H groups in total. The molecular weight excluding hydrogens is 299 g/mol. The molecule has 0 amide bonds. The Morgan fingerprint density at radius 3 is 2.52 bits per heavy atom. The van der Waals surface area contributed by atoms with Crippen molar-refractivity contribution in [3.8, 4) is 0 Å². The summed E-state index contributed by atoms with van der Waals surface area (Å²) in [5.74, 6) is 0.161. The second-order valence-corrected chi connectivity index (χ2v) is 4.78. The molecule has 0 atom stereocenters. The Hall–Kier alpha value is -2.15. The Morgan fingerprint density at radius 2 is 1.90 bits per heavy atom. The molecule has 110 valence electrons. The van der Waals surface area contributed by atoms with Gasteiger partial charge in [0.25, 0.3) is 0 Å². The lowest BCUT2D eigenvalue weighted by Crippen LogP contribution is -2.19. The molecule has 0 aliphatic carbocycles. The summed E-state index contributed by atoms with van der Waals surface area (Å²) in [6.45, 7) is 0. The Kier molecular flexibility index (Phi) is 4.13.